The van der Waals surface area contributed by atoms with Gasteiger partial charge in [-0.3, -0.25) is 10.2 Å². The summed E-state index contributed by atoms with van der Waals surface area (Å²) in [7, 11) is 0. The molecule has 3 atom stereocenters. The fourth-order valence-corrected chi connectivity index (χ4v) is 2.32. The van der Waals surface area contributed by atoms with Crippen LogP contribution in [0.3, 0.4) is 0 Å². The van der Waals surface area contributed by atoms with Crippen molar-refractivity contribution in [2.24, 2.45) is 0 Å². The molecule has 0 aromatic carbocycles. The summed E-state index contributed by atoms with van der Waals surface area (Å²) in [5.74, 6) is -2.65. The zero-order valence-corrected chi connectivity index (χ0v) is 11.6. The van der Waals surface area contributed by atoms with E-state index in [1.54, 1.807) is 5.01 Å². The summed E-state index contributed by atoms with van der Waals surface area (Å²) < 4.78 is 0. The van der Waals surface area contributed by atoms with Crippen LogP contribution in [0.4, 0.5) is 4.79 Å². The molecule has 1 aliphatic rings. The molecule has 8 nitrogen and oxygen atoms in total. The summed E-state index contributed by atoms with van der Waals surface area (Å²) in [5.41, 5.74) is 2.60. The number of hydrogen-bond donors (Lipinski definition) is 4. The van der Waals surface area contributed by atoms with Crippen LogP contribution >= 0.6 is 0 Å². The van der Waals surface area contributed by atoms with Crippen LogP contribution in [0.1, 0.15) is 39.5 Å². The van der Waals surface area contributed by atoms with Gasteiger partial charge in [0, 0.05) is 12.1 Å². The summed E-state index contributed by atoms with van der Waals surface area (Å²) >= 11 is 0. The number of piperidine rings is 1. The van der Waals surface area contributed by atoms with Crippen molar-refractivity contribution in [2.75, 3.05) is 0 Å². The largest absolute Gasteiger partial charge is 0.481 e. The Morgan fingerprint density at radius 2 is 1.75 bits per heavy atom. The van der Waals surface area contributed by atoms with E-state index < -0.39 is 30.4 Å². The van der Waals surface area contributed by atoms with Gasteiger partial charge in [0.05, 0.1) is 6.42 Å². The zero-order valence-electron chi connectivity index (χ0n) is 11.6. The maximum absolute atomic E-state index is 11.8. The summed E-state index contributed by atoms with van der Waals surface area (Å²) in [4.78, 5) is 33.2. The minimum Gasteiger partial charge on any atom is -0.481 e. The van der Waals surface area contributed by atoms with Crippen LogP contribution in [0.25, 0.3) is 0 Å². The molecule has 0 spiro atoms. The number of carboxylic acid groups (broad SMARTS) is 2. The molecule has 0 aromatic rings. The third kappa shape index (κ3) is 4.69. The number of hydrogen-bond acceptors (Lipinski definition) is 4. The molecule has 0 saturated carbocycles. The second-order valence-corrected chi connectivity index (χ2v) is 5.11. The van der Waals surface area contributed by atoms with Gasteiger partial charge in [0.25, 0.3) is 0 Å². The van der Waals surface area contributed by atoms with Gasteiger partial charge in [0.1, 0.15) is 6.04 Å². The molecule has 1 aliphatic heterocycles. The number of urea groups is 1. The second-order valence-electron chi connectivity index (χ2n) is 5.11. The summed E-state index contributed by atoms with van der Waals surface area (Å²) in [6, 6.07) is -1.82. The van der Waals surface area contributed by atoms with Crippen LogP contribution in [-0.2, 0) is 9.59 Å². The van der Waals surface area contributed by atoms with Crippen LogP contribution in [0.5, 0.6) is 0 Å². The number of aliphatic carboxylic acids is 2. The molecule has 1 heterocycles. The van der Waals surface area contributed by atoms with Crippen molar-refractivity contribution in [1.82, 2.24) is 15.8 Å². The molecular weight excluding hydrogens is 266 g/mol. The maximum atomic E-state index is 11.8. The van der Waals surface area contributed by atoms with Gasteiger partial charge in [0.2, 0.25) is 0 Å². The van der Waals surface area contributed by atoms with Crippen LogP contribution in [-0.4, -0.2) is 51.3 Å². The molecule has 1 saturated heterocycles. The Balaban J connectivity index is 2.56. The first-order valence-corrected chi connectivity index (χ1v) is 6.61. The van der Waals surface area contributed by atoms with E-state index in [1.165, 1.54) is 0 Å². The van der Waals surface area contributed by atoms with Crippen LogP contribution in [0.2, 0.25) is 0 Å². The van der Waals surface area contributed by atoms with Gasteiger partial charge in [-0.1, -0.05) is 6.42 Å². The molecule has 0 aliphatic carbocycles. The van der Waals surface area contributed by atoms with Gasteiger partial charge in [-0.2, -0.15) is 0 Å². The van der Waals surface area contributed by atoms with E-state index >= 15 is 0 Å². The number of hydrazine groups is 1. The first-order chi connectivity index (χ1) is 9.31. The summed E-state index contributed by atoms with van der Waals surface area (Å²) in [6.45, 7) is 3.95. The minimum absolute atomic E-state index is 0.159. The monoisotopic (exact) mass is 287 g/mol. The van der Waals surface area contributed by atoms with E-state index in [2.05, 4.69) is 10.7 Å². The molecule has 2 amide bonds. The van der Waals surface area contributed by atoms with Crippen molar-refractivity contribution >= 4 is 18.0 Å². The average Bonchev–Trinajstić information content (AvgIpc) is 2.32. The number of carboxylic acids is 2. The maximum Gasteiger partial charge on any atom is 0.330 e. The van der Waals surface area contributed by atoms with Crippen molar-refractivity contribution in [3.05, 3.63) is 0 Å². The average molecular weight is 287 g/mol. The summed E-state index contributed by atoms with van der Waals surface area (Å²) in [5, 5.41) is 21.4. The summed E-state index contributed by atoms with van der Waals surface area (Å²) in [6.07, 6.45) is 2.32. The van der Waals surface area contributed by atoms with Crippen LogP contribution in [0, 0.1) is 0 Å². The lowest BCUT2D eigenvalue weighted by Gasteiger charge is -2.38. The number of carbonyl (C=O) groups is 3. The minimum atomic E-state index is -1.44. The topological polar surface area (TPSA) is 119 Å². The molecule has 114 valence electrons. The van der Waals surface area contributed by atoms with E-state index in [0.29, 0.717) is 0 Å². The quantitative estimate of drug-likeness (QED) is 0.581. The van der Waals surface area contributed by atoms with Gasteiger partial charge in [-0.05, 0) is 26.7 Å². The van der Waals surface area contributed by atoms with E-state index in [1.807, 2.05) is 13.8 Å². The second kappa shape index (κ2) is 7.09. The Labute approximate surface area is 117 Å². The van der Waals surface area contributed by atoms with Gasteiger partial charge in [0.15, 0.2) is 0 Å². The smallest absolute Gasteiger partial charge is 0.330 e. The Morgan fingerprint density at radius 3 is 2.20 bits per heavy atom. The van der Waals surface area contributed by atoms with Gasteiger partial charge in [-0.25, -0.2) is 14.6 Å². The molecule has 0 bridgehead atoms. The molecule has 1 rings (SSSR count). The molecule has 0 aromatic heterocycles. The Bertz CT molecular complexity index is 377. The molecule has 2 unspecified atom stereocenters. The molecule has 20 heavy (non-hydrogen) atoms. The Kier molecular flexibility index (Phi) is 5.75. The van der Waals surface area contributed by atoms with E-state index in [9.17, 15) is 14.4 Å². The van der Waals surface area contributed by atoms with Crippen molar-refractivity contribution < 1.29 is 24.6 Å². The van der Waals surface area contributed by atoms with Gasteiger partial charge in [-0.15, -0.1) is 0 Å². The first-order valence-electron chi connectivity index (χ1n) is 6.61. The van der Waals surface area contributed by atoms with E-state index in [0.717, 1.165) is 19.3 Å². The Hall–Kier alpha value is -1.83. The first kappa shape index (κ1) is 16.2. The van der Waals surface area contributed by atoms with Crippen molar-refractivity contribution in [3.63, 3.8) is 0 Å². The number of carbonyl (C=O) groups excluding carboxylic acids is 1. The number of nitrogens with zero attached hydrogens (tertiary/aromatic N) is 1. The highest BCUT2D eigenvalue weighted by Crippen LogP contribution is 2.19. The number of rotatable bonds is 5. The molecule has 0 radical (unpaired) electrons. The fraction of sp³-hybridized carbons (Fsp3) is 0.750. The normalized spacial score (nSPS) is 24.7. The predicted molar refractivity (Wildman–Crippen MR) is 70.0 cm³/mol. The van der Waals surface area contributed by atoms with Crippen LogP contribution in [0.15, 0.2) is 0 Å². The highest BCUT2D eigenvalue weighted by atomic mass is 16.4. The third-order valence-electron chi connectivity index (χ3n) is 3.41. The zero-order chi connectivity index (χ0) is 15.3. The third-order valence-corrected chi connectivity index (χ3v) is 3.41. The molecule has 8 heteroatoms. The lowest BCUT2D eigenvalue weighted by Crippen LogP contribution is -2.58. The Morgan fingerprint density at radius 1 is 1.20 bits per heavy atom. The predicted octanol–water partition coefficient (Wildman–Crippen LogP) is 0.391. The fourth-order valence-electron chi connectivity index (χ4n) is 2.32. The van der Waals surface area contributed by atoms with Crippen molar-refractivity contribution in [2.45, 2.75) is 57.7 Å². The number of nitrogens with one attached hydrogen (secondary N) is 2. The van der Waals surface area contributed by atoms with Crippen molar-refractivity contribution in [3.8, 4) is 0 Å². The number of amides is 2. The van der Waals surface area contributed by atoms with Gasteiger partial charge < -0.3 is 15.5 Å². The van der Waals surface area contributed by atoms with Crippen LogP contribution < -0.4 is 10.7 Å². The van der Waals surface area contributed by atoms with Gasteiger partial charge >= 0.3 is 18.0 Å². The standard InChI is InChI=1S/C12H21N3O5/c1-7-4-3-5-8(2)15(7)14-12(20)13-9(11(18)19)6-10(16)17/h7-9H,3-6H2,1-2H3,(H,16,17)(H,18,19)(H2,13,14,20)/t7?,8?,9-/m1/s1. The van der Waals surface area contributed by atoms with Crippen molar-refractivity contribution in [1.29, 1.82) is 0 Å². The molecule has 4 N–H and O–H groups in total. The van der Waals surface area contributed by atoms with E-state index in [-0.39, 0.29) is 12.1 Å². The SMILES string of the molecule is CC1CCCC(C)N1NC(=O)N[C@H](CC(=O)O)C(=O)O. The lowest BCUT2D eigenvalue weighted by molar-refractivity contribution is -0.145. The van der Waals surface area contributed by atoms with E-state index in [4.69, 9.17) is 10.2 Å². The molecule has 1 fully saturated rings. The highest BCUT2D eigenvalue weighted by molar-refractivity contribution is 5.85. The molecular formula is C12H21N3O5. The highest BCUT2D eigenvalue weighted by Gasteiger charge is 2.28. The lowest BCUT2D eigenvalue weighted by atomic mass is 10.00.